The minimum absolute atomic E-state index is 0.0247. The molecule has 0 bridgehead atoms. The summed E-state index contributed by atoms with van der Waals surface area (Å²) in [6, 6.07) is 15.5. The molecule has 0 aliphatic rings. The lowest BCUT2D eigenvalue weighted by atomic mass is 10.0. The summed E-state index contributed by atoms with van der Waals surface area (Å²) in [5.74, 6) is 0.588. The van der Waals surface area contributed by atoms with Crippen LogP contribution >= 0.6 is 0 Å². The first-order valence-corrected chi connectivity index (χ1v) is 11.5. The van der Waals surface area contributed by atoms with Crippen LogP contribution in [0.5, 0.6) is 5.75 Å². The first-order valence-electron chi connectivity index (χ1n) is 11.5. The lowest BCUT2D eigenvalue weighted by Gasteiger charge is -2.33. The predicted molar refractivity (Wildman–Crippen MR) is 130 cm³/mol. The van der Waals surface area contributed by atoms with E-state index in [0.29, 0.717) is 25.8 Å². The predicted octanol–water partition coefficient (Wildman–Crippen LogP) is 4.91. The number of hydrogen-bond donors (Lipinski definition) is 1. The van der Waals surface area contributed by atoms with E-state index in [1.54, 1.807) is 12.0 Å². The van der Waals surface area contributed by atoms with Crippen LogP contribution in [0.3, 0.4) is 0 Å². The van der Waals surface area contributed by atoms with Crippen LogP contribution in [-0.2, 0) is 29.0 Å². The summed E-state index contributed by atoms with van der Waals surface area (Å²) in [6.45, 7) is 10.3. The van der Waals surface area contributed by atoms with Crippen LogP contribution in [0.2, 0.25) is 0 Å². The van der Waals surface area contributed by atoms with Gasteiger partial charge < -0.3 is 15.0 Å². The maximum Gasteiger partial charge on any atom is 0.243 e. The first-order chi connectivity index (χ1) is 15.2. The highest BCUT2D eigenvalue weighted by Gasteiger charge is 2.30. The molecule has 0 aromatic heterocycles. The second-order valence-corrected chi connectivity index (χ2v) is 9.21. The van der Waals surface area contributed by atoms with E-state index in [4.69, 9.17) is 4.74 Å². The molecule has 2 rings (SSSR count). The zero-order valence-electron chi connectivity index (χ0n) is 20.4. The molecule has 2 amide bonds. The Balaban J connectivity index is 2.23. The zero-order valence-corrected chi connectivity index (χ0v) is 20.4. The molecule has 2 aromatic carbocycles. The van der Waals surface area contributed by atoms with Gasteiger partial charge in [-0.15, -0.1) is 0 Å². The molecule has 0 saturated heterocycles. The number of ether oxygens (including phenoxy) is 1. The number of methoxy groups -OCH3 is 1. The van der Waals surface area contributed by atoms with Gasteiger partial charge in [-0.1, -0.05) is 50.2 Å². The van der Waals surface area contributed by atoms with Crippen molar-refractivity contribution in [1.29, 1.82) is 0 Å². The molecule has 174 valence electrons. The van der Waals surface area contributed by atoms with Crippen LogP contribution in [0.25, 0.3) is 0 Å². The molecular weight excluding hydrogens is 400 g/mol. The molecule has 0 aliphatic carbocycles. The Bertz CT molecular complexity index is 885. The van der Waals surface area contributed by atoms with Crippen molar-refractivity contribution in [3.63, 3.8) is 0 Å². The average molecular weight is 439 g/mol. The van der Waals surface area contributed by atoms with Gasteiger partial charge >= 0.3 is 0 Å². The third-order valence-corrected chi connectivity index (χ3v) is 5.43. The number of rotatable bonds is 10. The highest BCUT2D eigenvalue weighted by atomic mass is 16.5. The standard InChI is InChI=1S/C27H38N2O3/c1-7-20-12-14-21(15-13-20)16-17-25(30)29(19-22-10-9-11-23(18-22)32-6)24(8-2)26(31)28-27(3,4)5/h9-15,18,24H,7-8,16-17,19H2,1-6H3,(H,28,31). The highest BCUT2D eigenvalue weighted by Crippen LogP contribution is 2.19. The molecule has 1 N–H and O–H groups in total. The number of carbonyl (C=O) groups is 2. The molecule has 0 radical (unpaired) electrons. The van der Waals surface area contributed by atoms with Crippen LogP contribution in [0, 0.1) is 0 Å². The van der Waals surface area contributed by atoms with Gasteiger partial charge in [0.05, 0.1) is 7.11 Å². The van der Waals surface area contributed by atoms with Gasteiger partial charge in [0.25, 0.3) is 0 Å². The van der Waals surface area contributed by atoms with E-state index in [2.05, 4.69) is 36.5 Å². The lowest BCUT2D eigenvalue weighted by molar-refractivity contribution is -0.142. The number of hydrogen-bond acceptors (Lipinski definition) is 3. The highest BCUT2D eigenvalue weighted by molar-refractivity contribution is 5.88. The Morgan fingerprint density at radius 2 is 1.66 bits per heavy atom. The van der Waals surface area contributed by atoms with Gasteiger partial charge in [-0.2, -0.15) is 0 Å². The molecule has 0 heterocycles. The molecule has 0 fully saturated rings. The fourth-order valence-corrected chi connectivity index (χ4v) is 3.68. The van der Waals surface area contributed by atoms with E-state index >= 15 is 0 Å². The summed E-state index contributed by atoms with van der Waals surface area (Å²) in [4.78, 5) is 28.2. The number of aryl methyl sites for hydroxylation is 2. The van der Waals surface area contributed by atoms with E-state index < -0.39 is 6.04 Å². The third-order valence-electron chi connectivity index (χ3n) is 5.43. The van der Waals surface area contributed by atoms with Gasteiger partial charge in [0, 0.05) is 18.5 Å². The lowest BCUT2D eigenvalue weighted by Crippen LogP contribution is -2.53. The van der Waals surface area contributed by atoms with Crippen molar-refractivity contribution in [2.24, 2.45) is 0 Å². The van der Waals surface area contributed by atoms with Crippen LogP contribution in [0.1, 0.15) is 64.2 Å². The first kappa shape index (κ1) is 25.4. The Hall–Kier alpha value is -2.82. The minimum Gasteiger partial charge on any atom is -0.497 e. The van der Waals surface area contributed by atoms with E-state index in [9.17, 15) is 9.59 Å². The van der Waals surface area contributed by atoms with Gasteiger partial charge in [-0.3, -0.25) is 9.59 Å². The summed E-state index contributed by atoms with van der Waals surface area (Å²) in [5, 5.41) is 3.04. The van der Waals surface area contributed by atoms with Crippen molar-refractivity contribution >= 4 is 11.8 Å². The number of benzene rings is 2. The summed E-state index contributed by atoms with van der Waals surface area (Å²) < 4.78 is 5.34. The zero-order chi connectivity index (χ0) is 23.7. The normalized spacial score (nSPS) is 12.2. The van der Waals surface area contributed by atoms with Crippen LogP contribution < -0.4 is 10.1 Å². The Labute approximate surface area is 193 Å². The maximum absolute atomic E-state index is 13.4. The van der Waals surface area contributed by atoms with Crippen molar-refractivity contribution in [1.82, 2.24) is 10.2 Å². The largest absolute Gasteiger partial charge is 0.497 e. The number of nitrogens with zero attached hydrogens (tertiary/aromatic N) is 1. The topological polar surface area (TPSA) is 58.6 Å². The number of amides is 2. The maximum atomic E-state index is 13.4. The summed E-state index contributed by atoms with van der Waals surface area (Å²) in [6.07, 6.45) is 2.54. The third kappa shape index (κ3) is 7.70. The molecule has 0 saturated carbocycles. The second kappa shape index (κ2) is 11.7. The molecule has 1 atom stereocenters. The summed E-state index contributed by atoms with van der Waals surface area (Å²) in [5.41, 5.74) is 2.98. The summed E-state index contributed by atoms with van der Waals surface area (Å²) in [7, 11) is 1.62. The molecule has 0 spiro atoms. The smallest absolute Gasteiger partial charge is 0.243 e. The van der Waals surface area contributed by atoms with Crippen LogP contribution in [-0.4, -0.2) is 35.4 Å². The fraction of sp³-hybridized carbons (Fsp3) is 0.481. The van der Waals surface area contributed by atoms with Crippen LogP contribution in [0.4, 0.5) is 0 Å². The van der Waals surface area contributed by atoms with Crippen molar-refractivity contribution in [3.8, 4) is 5.75 Å². The molecule has 2 aromatic rings. The summed E-state index contributed by atoms with van der Waals surface area (Å²) >= 11 is 0. The molecule has 32 heavy (non-hydrogen) atoms. The van der Waals surface area contributed by atoms with Gasteiger partial charge in [0.15, 0.2) is 0 Å². The van der Waals surface area contributed by atoms with Crippen molar-refractivity contribution in [2.75, 3.05) is 7.11 Å². The quantitative estimate of drug-likeness (QED) is 0.573. The van der Waals surface area contributed by atoms with Gasteiger partial charge in [-0.25, -0.2) is 0 Å². The fourth-order valence-electron chi connectivity index (χ4n) is 3.68. The van der Waals surface area contributed by atoms with E-state index in [1.165, 1.54) is 5.56 Å². The second-order valence-electron chi connectivity index (χ2n) is 9.21. The van der Waals surface area contributed by atoms with Crippen molar-refractivity contribution in [3.05, 3.63) is 65.2 Å². The van der Waals surface area contributed by atoms with Crippen molar-refractivity contribution < 1.29 is 14.3 Å². The van der Waals surface area contributed by atoms with Gasteiger partial charge in [0.1, 0.15) is 11.8 Å². The van der Waals surface area contributed by atoms with E-state index in [0.717, 1.165) is 23.3 Å². The van der Waals surface area contributed by atoms with Crippen LogP contribution in [0.15, 0.2) is 48.5 Å². The molecule has 5 heteroatoms. The van der Waals surface area contributed by atoms with Gasteiger partial charge in [-0.05, 0) is 68.9 Å². The Kier molecular flexibility index (Phi) is 9.30. The monoisotopic (exact) mass is 438 g/mol. The van der Waals surface area contributed by atoms with Crippen molar-refractivity contribution in [2.45, 2.75) is 78.4 Å². The molecule has 1 unspecified atom stereocenters. The van der Waals surface area contributed by atoms with E-state index in [1.807, 2.05) is 52.0 Å². The molecule has 0 aliphatic heterocycles. The Morgan fingerprint density at radius 3 is 2.22 bits per heavy atom. The Morgan fingerprint density at radius 1 is 1.00 bits per heavy atom. The molecule has 5 nitrogen and oxygen atoms in total. The molecular formula is C27H38N2O3. The number of nitrogens with one attached hydrogen (secondary N) is 1. The number of carbonyl (C=O) groups excluding carboxylic acids is 2. The average Bonchev–Trinajstić information content (AvgIpc) is 2.76. The van der Waals surface area contributed by atoms with E-state index in [-0.39, 0.29) is 17.4 Å². The van der Waals surface area contributed by atoms with Gasteiger partial charge in [0.2, 0.25) is 11.8 Å². The minimum atomic E-state index is -0.532. The SMILES string of the molecule is CCc1ccc(CCC(=O)N(Cc2cccc(OC)c2)C(CC)C(=O)NC(C)(C)C)cc1.